The van der Waals surface area contributed by atoms with Crippen molar-refractivity contribution in [1.82, 2.24) is 29.7 Å². The van der Waals surface area contributed by atoms with E-state index < -0.39 is 11.9 Å². The van der Waals surface area contributed by atoms with Crippen molar-refractivity contribution in [1.29, 1.82) is 0 Å². The number of nitrogens with zero attached hydrogens (tertiary/aromatic N) is 6. The van der Waals surface area contributed by atoms with Crippen molar-refractivity contribution in [2.75, 3.05) is 5.32 Å². The molecule has 0 aromatic carbocycles. The fourth-order valence-electron chi connectivity index (χ4n) is 2.16. The second-order valence-corrected chi connectivity index (χ2v) is 5.08. The molecule has 10 heteroatoms. The summed E-state index contributed by atoms with van der Waals surface area (Å²) >= 11 is 0. The average molecular weight is 349 g/mol. The molecule has 0 bridgehead atoms. The fourth-order valence-corrected chi connectivity index (χ4v) is 2.16. The van der Waals surface area contributed by atoms with Gasteiger partial charge in [0.1, 0.15) is 12.1 Å². The van der Waals surface area contributed by atoms with E-state index in [0.717, 1.165) is 6.07 Å². The highest BCUT2D eigenvalue weighted by Gasteiger charge is 2.33. The molecule has 0 saturated heterocycles. The molecule has 0 unspecified atom stereocenters. The summed E-state index contributed by atoms with van der Waals surface area (Å²) in [6, 6.07) is 3.97. The van der Waals surface area contributed by atoms with Gasteiger partial charge in [0.05, 0.1) is 6.54 Å². The van der Waals surface area contributed by atoms with Crippen LogP contribution in [0.1, 0.15) is 18.4 Å². The Balaban J connectivity index is 1.92. The van der Waals surface area contributed by atoms with Crippen molar-refractivity contribution < 1.29 is 13.2 Å². The Kier molecular flexibility index (Phi) is 4.59. The number of hydrogen-bond acceptors (Lipinski definition) is 6. The van der Waals surface area contributed by atoms with Crippen LogP contribution in [0.15, 0.2) is 36.9 Å². The maximum Gasteiger partial charge on any atom is 0.433 e. The first-order valence-electron chi connectivity index (χ1n) is 7.44. The number of halogens is 3. The van der Waals surface area contributed by atoms with Gasteiger partial charge in [-0.2, -0.15) is 13.2 Å². The summed E-state index contributed by atoms with van der Waals surface area (Å²) in [6.45, 7) is 2.77. The average Bonchev–Trinajstić information content (AvgIpc) is 3.07. The molecule has 3 heterocycles. The molecule has 25 heavy (non-hydrogen) atoms. The van der Waals surface area contributed by atoms with Crippen molar-refractivity contribution in [2.24, 2.45) is 0 Å². The zero-order chi connectivity index (χ0) is 17.9. The molecule has 3 aromatic rings. The number of rotatable bonds is 5. The summed E-state index contributed by atoms with van der Waals surface area (Å²) < 4.78 is 41.2. The van der Waals surface area contributed by atoms with Crippen LogP contribution in [0.5, 0.6) is 0 Å². The van der Waals surface area contributed by atoms with Gasteiger partial charge in [-0.25, -0.2) is 9.97 Å². The van der Waals surface area contributed by atoms with Crippen LogP contribution in [-0.2, 0) is 19.3 Å². The summed E-state index contributed by atoms with van der Waals surface area (Å²) in [5.41, 5.74) is -0.574. The van der Waals surface area contributed by atoms with Crippen LogP contribution in [0.25, 0.3) is 11.4 Å². The highest BCUT2D eigenvalue weighted by Crippen LogP contribution is 2.30. The number of aromatic nitrogens is 6. The van der Waals surface area contributed by atoms with E-state index in [4.69, 9.17) is 0 Å². The molecule has 1 N–H and O–H groups in total. The predicted octanol–water partition coefficient (Wildman–Crippen LogP) is 2.78. The van der Waals surface area contributed by atoms with E-state index in [1.54, 1.807) is 23.0 Å². The summed E-state index contributed by atoms with van der Waals surface area (Å²) in [5, 5.41) is 10.6. The van der Waals surface area contributed by atoms with Crippen molar-refractivity contribution in [3.63, 3.8) is 0 Å². The summed E-state index contributed by atoms with van der Waals surface area (Å²) in [5.74, 6) is 0.622. The minimum absolute atomic E-state index is 0.0308. The molecule has 3 aromatic heterocycles. The lowest BCUT2D eigenvalue weighted by atomic mass is 10.2. The van der Waals surface area contributed by atoms with Gasteiger partial charge in [0.2, 0.25) is 0 Å². The quantitative estimate of drug-likeness (QED) is 0.763. The van der Waals surface area contributed by atoms with Crippen LogP contribution >= 0.6 is 0 Å². The van der Waals surface area contributed by atoms with E-state index in [1.165, 1.54) is 12.4 Å². The first-order valence-corrected chi connectivity index (χ1v) is 7.44. The largest absolute Gasteiger partial charge is 0.433 e. The van der Waals surface area contributed by atoms with Gasteiger partial charge in [0, 0.05) is 30.6 Å². The number of anilines is 1. The van der Waals surface area contributed by atoms with Gasteiger partial charge < -0.3 is 9.88 Å². The zero-order valence-electron chi connectivity index (χ0n) is 13.2. The lowest BCUT2D eigenvalue weighted by molar-refractivity contribution is -0.141. The monoisotopic (exact) mass is 349 g/mol. The van der Waals surface area contributed by atoms with Crippen LogP contribution in [0.3, 0.4) is 0 Å². The van der Waals surface area contributed by atoms with Crippen molar-refractivity contribution in [3.8, 4) is 11.4 Å². The van der Waals surface area contributed by atoms with E-state index in [1.807, 2.05) is 6.92 Å². The molecule has 7 nitrogen and oxygen atoms in total. The van der Waals surface area contributed by atoms with E-state index in [2.05, 4.69) is 30.5 Å². The number of nitrogens with one attached hydrogen (secondary N) is 1. The van der Waals surface area contributed by atoms with Crippen LogP contribution < -0.4 is 5.32 Å². The van der Waals surface area contributed by atoms with Crippen LogP contribution in [0.2, 0.25) is 0 Å². The van der Waals surface area contributed by atoms with Gasteiger partial charge >= 0.3 is 6.18 Å². The van der Waals surface area contributed by atoms with Crippen LogP contribution in [0, 0.1) is 0 Å². The Morgan fingerprint density at radius 3 is 2.60 bits per heavy atom. The molecule has 0 saturated carbocycles. The molecular formula is C15H14F3N7. The molecule has 130 valence electrons. The Morgan fingerprint density at radius 1 is 1.16 bits per heavy atom. The first-order chi connectivity index (χ1) is 12.0. The third kappa shape index (κ3) is 3.90. The second kappa shape index (κ2) is 6.83. The van der Waals surface area contributed by atoms with E-state index in [-0.39, 0.29) is 18.2 Å². The standard InChI is InChI=1S/C15H14F3N7/c1-2-25-9-21-24-13(25)8-20-12-7-11(15(16,17)18)22-14(23-12)10-3-5-19-6-4-10/h3-7,9H,2,8H2,1H3,(H,20,22,23). The minimum atomic E-state index is -4.58. The van der Waals surface area contributed by atoms with Crippen LogP contribution in [0.4, 0.5) is 19.0 Å². The smallest absolute Gasteiger partial charge is 0.363 e. The molecule has 0 spiro atoms. The number of alkyl halides is 3. The third-order valence-corrected chi connectivity index (χ3v) is 3.42. The molecule has 0 aliphatic carbocycles. The van der Waals surface area contributed by atoms with Crippen LogP contribution in [-0.4, -0.2) is 29.7 Å². The van der Waals surface area contributed by atoms with Gasteiger partial charge in [-0.3, -0.25) is 4.98 Å². The van der Waals surface area contributed by atoms with E-state index in [9.17, 15) is 13.2 Å². The summed E-state index contributed by atoms with van der Waals surface area (Å²) in [4.78, 5) is 11.6. The predicted molar refractivity (Wildman–Crippen MR) is 83.3 cm³/mol. The highest BCUT2D eigenvalue weighted by molar-refractivity contribution is 5.57. The SMILES string of the molecule is CCn1cnnc1CNc1cc(C(F)(F)F)nc(-c2ccncc2)n1. The number of hydrogen-bond donors (Lipinski definition) is 1. The maximum atomic E-state index is 13.1. The van der Waals surface area contributed by atoms with E-state index >= 15 is 0 Å². The Bertz CT molecular complexity index is 846. The normalized spacial score (nSPS) is 11.5. The van der Waals surface area contributed by atoms with Gasteiger partial charge in [0.25, 0.3) is 0 Å². The second-order valence-electron chi connectivity index (χ2n) is 5.08. The van der Waals surface area contributed by atoms with Gasteiger partial charge in [-0.15, -0.1) is 10.2 Å². The van der Waals surface area contributed by atoms with Gasteiger partial charge in [-0.1, -0.05) is 0 Å². The maximum absolute atomic E-state index is 13.1. The number of pyridine rings is 1. The van der Waals surface area contributed by atoms with Crippen molar-refractivity contribution in [2.45, 2.75) is 26.2 Å². The third-order valence-electron chi connectivity index (χ3n) is 3.42. The topological polar surface area (TPSA) is 81.4 Å². The lowest BCUT2D eigenvalue weighted by Gasteiger charge is -2.12. The molecule has 0 aliphatic heterocycles. The van der Waals surface area contributed by atoms with Crippen molar-refractivity contribution >= 4 is 5.82 Å². The Hall–Kier alpha value is -3.04. The van der Waals surface area contributed by atoms with E-state index in [0.29, 0.717) is 17.9 Å². The molecule has 0 aliphatic rings. The molecule has 0 radical (unpaired) electrons. The highest BCUT2D eigenvalue weighted by atomic mass is 19.4. The molecule has 0 amide bonds. The minimum Gasteiger partial charge on any atom is -0.363 e. The lowest BCUT2D eigenvalue weighted by Crippen LogP contribution is -2.13. The first kappa shape index (κ1) is 16.8. The fraction of sp³-hybridized carbons (Fsp3) is 0.267. The number of aryl methyl sites for hydroxylation is 1. The molecule has 3 rings (SSSR count). The van der Waals surface area contributed by atoms with Gasteiger partial charge in [-0.05, 0) is 19.1 Å². The molecule has 0 atom stereocenters. The summed E-state index contributed by atoms with van der Waals surface area (Å²) in [7, 11) is 0. The Labute approximate surface area is 141 Å². The molecule has 0 fully saturated rings. The molecular weight excluding hydrogens is 335 g/mol. The Morgan fingerprint density at radius 2 is 1.92 bits per heavy atom. The van der Waals surface area contributed by atoms with Crippen molar-refractivity contribution in [3.05, 3.63) is 48.4 Å². The van der Waals surface area contributed by atoms with Gasteiger partial charge in [0.15, 0.2) is 17.3 Å². The zero-order valence-corrected chi connectivity index (χ0v) is 13.2. The summed E-state index contributed by atoms with van der Waals surface area (Å²) in [6.07, 6.45) is -0.0866.